The van der Waals surface area contributed by atoms with Gasteiger partial charge in [-0.1, -0.05) is 13.8 Å². The molecule has 0 rings (SSSR count). The van der Waals surface area contributed by atoms with Crippen molar-refractivity contribution in [2.45, 2.75) is 46.0 Å². The van der Waals surface area contributed by atoms with Gasteiger partial charge in [0.05, 0.1) is 0 Å². The maximum Gasteiger partial charge on any atom is 0.133 e. The number of ketones is 1. The Morgan fingerprint density at radius 3 is 2.50 bits per heavy atom. The van der Waals surface area contributed by atoms with Crippen molar-refractivity contribution in [2.75, 3.05) is 0 Å². The lowest BCUT2D eigenvalue weighted by atomic mass is 10.0. The van der Waals surface area contributed by atoms with Crippen LogP contribution in [0.1, 0.15) is 46.0 Å². The Morgan fingerprint density at radius 2 is 2.00 bits per heavy atom. The van der Waals surface area contributed by atoms with E-state index in [0.29, 0.717) is 31.0 Å². The second-order valence-electron chi connectivity index (χ2n) is 3.55. The summed E-state index contributed by atoms with van der Waals surface area (Å²) in [5, 5.41) is 0. The third-order valence-electron chi connectivity index (χ3n) is 1.66. The fourth-order valence-corrected chi connectivity index (χ4v) is 1.11. The second-order valence-corrected chi connectivity index (χ2v) is 3.55. The van der Waals surface area contributed by atoms with E-state index in [1.807, 2.05) is 13.8 Å². The van der Waals surface area contributed by atoms with Gasteiger partial charge in [0.2, 0.25) is 0 Å². The molecule has 0 bridgehead atoms. The van der Waals surface area contributed by atoms with E-state index in [1.54, 1.807) is 0 Å². The van der Waals surface area contributed by atoms with E-state index in [9.17, 15) is 9.59 Å². The third-order valence-corrected chi connectivity index (χ3v) is 1.66. The topological polar surface area (TPSA) is 34.1 Å². The Balaban J connectivity index is 3.25. The number of unbranched alkanes of at least 4 members (excludes halogenated alkanes) is 2. The van der Waals surface area contributed by atoms with Crippen molar-refractivity contribution in [3.8, 4) is 0 Å². The van der Waals surface area contributed by atoms with Gasteiger partial charge in [-0.15, -0.1) is 0 Å². The normalized spacial score (nSPS) is 10.2. The van der Waals surface area contributed by atoms with Crippen molar-refractivity contribution in [1.82, 2.24) is 0 Å². The van der Waals surface area contributed by atoms with Crippen molar-refractivity contribution in [1.29, 1.82) is 0 Å². The minimum Gasteiger partial charge on any atom is -0.303 e. The van der Waals surface area contributed by atoms with Crippen LogP contribution in [0.4, 0.5) is 0 Å². The molecule has 0 saturated carbocycles. The number of hydrogen-bond donors (Lipinski definition) is 0. The summed E-state index contributed by atoms with van der Waals surface area (Å²) in [6.07, 6.45) is 4.55. The summed E-state index contributed by atoms with van der Waals surface area (Å²) in [4.78, 5) is 21.1. The highest BCUT2D eigenvalue weighted by atomic mass is 16.1. The van der Waals surface area contributed by atoms with E-state index in [1.165, 1.54) is 0 Å². The molecule has 0 aliphatic rings. The first-order valence-electron chi connectivity index (χ1n) is 4.62. The number of aldehydes is 1. The van der Waals surface area contributed by atoms with Gasteiger partial charge in [0.1, 0.15) is 12.1 Å². The zero-order chi connectivity index (χ0) is 9.40. The van der Waals surface area contributed by atoms with E-state index >= 15 is 0 Å². The average Bonchev–Trinajstić information content (AvgIpc) is 1.97. The van der Waals surface area contributed by atoms with Crippen LogP contribution in [-0.2, 0) is 9.59 Å². The molecule has 0 radical (unpaired) electrons. The summed E-state index contributed by atoms with van der Waals surface area (Å²) < 4.78 is 0. The van der Waals surface area contributed by atoms with Crippen molar-refractivity contribution in [3.05, 3.63) is 0 Å². The summed E-state index contributed by atoms with van der Waals surface area (Å²) in [5.74, 6) is 0.791. The molecule has 12 heavy (non-hydrogen) atoms. The summed E-state index contributed by atoms with van der Waals surface area (Å²) in [6.45, 7) is 4.09. The van der Waals surface area contributed by atoms with Crippen LogP contribution in [0.2, 0.25) is 0 Å². The van der Waals surface area contributed by atoms with Crippen LogP contribution in [0.3, 0.4) is 0 Å². The quantitative estimate of drug-likeness (QED) is 0.434. The lowest BCUT2D eigenvalue weighted by Crippen LogP contribution is -2.02. The van der Waals surface area contributed by atoms with Crippen LogP contribution in [-0.4, -0.2) is 12.1 Å². The SMILES string of the molecule is CC(C)CC(=O)CCCCC=O. The first kappa shape index (κ1) is 11.3. The maximum atomic E-state index is 11.1. The number of carbonyl (C=O) groups excluding carboxylic acids is 2. The Morgan fingerprint density at radius 1 is 1.33 bits per heavy atom. The van der Waals surface area contributed by atoms with Gasteiger partial charge in [-0.25, -0.2) is 0 Å². The van der Waals surface area contributed by atoms with Crippen LogP contribution >= 0.6 is 0 Å². The molecule has 0 aliphatic carbocycles. The molecule has 0 N–H and O–H groups in total. The molecular weight excluding hydrogens is 152 g/mol. The van der Waals surface area contributed by atoms with E-state index in [0.717, 1.165) is 19.1 Å². The van der Waals surface area contributed by atoms with Gasteiger partial charge in [0.25, 0.3) is 0 Å². The largest absolute Gasteiger partial charge is 0.303 e. The molecule has 70 valence electrons. The molecule has 0 aliphatic heterocycles. The van der Waals surface area contributed by atoms with E-state index in [-0.39, 0.29) is 0 Å². The summed E-state index contributed by atoms with van der Waals surface area (Å²) >= 11 is 0. The minimum absolute atomic E-state index is 0.330. The van der Waals surface area contributed by atoms with Gasteiger partial charge in [-0.2, -0.15) is 0 Å². The molecule has 0 aromatic carbocycles. The molecule has 0 heterocycles. The van der Waals surface area contributed by atoms with E-state index < -0.39 is 0 Å². The standard InChI is InChI=1S/C10H18O2/c1-9(2)8-10(12)6-4-3-5-7-11/h7,9H,3-6,8H2,1-2H3. The van der Waals surface area contributed by atoms with Gasteiger partial charge >= 0.3 is 0 Å². The number of Topliss-reactive ketones (excluding diaryl/α,β-unsaturated/α-hetero) is 1. The predicted octanol–water partition coefficient (Wildman–Crippen LogP) is 2.36. The monoisotopic (exact) mass is 170 g/mol. The van der Waals surface area contributed by atoms with Crippen LogP contribution in [0.25, 0.3) is 0 Å². The predicted molar refractivity (Wildman–Crippen MR) is 49.0 cm³/mol. The van der Waals surface area contributed by atoms with E-state index in [2.05, 4.69) is 0 Å². The van der Waals surface area contributed by atoms with Crippen LogP contribution < -0.4 is 0 Å². The molecule has 0 amide bonds. The Bertz CT molecular complexity index is 139. The van der Waals surface area contributed by atoms with Gasteiger partial charge in [0, 0.05) is 19.3 Å². The van der Waals surface area contributed by atoms with Crippen molar-refractivity contribution >= 4 is 12.1 Å². The zero-order valence-corrected chi connectivity index (χ0v) is 8.01. The fraction of sp³-hybridized carbons (Fsp3) is 0.800. The van der Waals surface area contributed by atoms with Crippen LogP contribution in [0, 0.1) is 5.92 Å². The molecular formula is C10H18O2. The van der Waals surface area contributed by atoms with E-state index in [4.69, 9.17) is 0 Å². The average molecular weight is 170 g/mol. The Kier molecular flexibility index (Phi) is 6.63. The lowest BCUT2D eigenvalue weighted by molar-refractivity contribution is -0.120. The minimum atomic E-state index is 0.330. The maximum absolute atomic E-state index is 11.1. The van der Waals surface area contributed by atoms with Gasteiger partial charge < -0.3 is 4.79 Å². The highest BCUT2D eigenvalue weighted by Gasteiger charge is 2.03. The smallest absolute Gasteiger partial charge is 0.133 e. The fourth-order valence-electron chi connectivity index (χ4n) is 1.11. The molecule has 0 saturated heterocycles. The van der Waals surface area contributed by atoms with Gasteiger partial charge in [0.15, 0.2) is 0 Å². The molecule has 2 heteroatoms. The van der Waals surface area contributed by atoms with Crippen LogP contribution in [0.5, 0.6) is 0 Å². The molecule has 0 spiro atoms. The number of carbonyl (C=O) groups is 2. The molecule has 0 aromatic heterocycles. The Labute approximate surface area is 74.3 Å². The van der Waals surface area contributed by atoms with Gasteiger partial charge in [-0.05, 0) is 18.8 Å². The van der Waals surface area contributed by atoms with Crippen molar-refractivity contribution < 1.29 is 9.59 Å². The summed E-state index contributed by atoms with van der Waals surface area (Å²) in [7, 11) is 0. The molecule has 2 nitrogen and oxygen atoms in total. The molecule has 0 aromatic rings. The first-order valence-corrected chi connectivity index (χ1v) is 4.62. The van der Waals surface area contributed by atoms with Crippen LogP contribution in [0.15, 0.2) is 0 Å². The van der Waals surface area contributed by atoms with Crippen molar-refractivity contribution in [3.63, 3.8) is 0 Å². The first-order chi connectivity index (χ1) is 5.66. The summed E-state index contributed by atoms with van der Waals surface area (Å²) in [6, 6.07) is 0. The third kappa shape index (κ3) is 7.45. The number of hydrogen-bond acceptors (Lipinski definition) is 2. The number of rotatable bonds is 7. The zero-order valence-electron chi connectivity index (χ0n) is 8.01. The second kappa shape index (κ2) is 7.01. The highest BCUT2D eigenvalue weighted by molar-refractivity contribution is 5.78. The highest BCUT2D eigenvalue weighted by Crippen LogP contribution is 2.06. The van der Waals surface area contributed by atoms with Gasteiger partial charge in [-0.3, -0.25) is 4.79 Å². The molecule has 0 unspecified atom stereocenters. The Hall–Kier alpha value is -0.660. The molecule has 0 atom stereocenters. The lowest BCUT2D eigenvalue weighted by Gasteiger charge is -2.02. The van der Waals surface area contributed by atoms with Crippen molar-refractivity contribution in [2.24, 2.45) is 5.92 Å². The molecule has 0 fully saturated rings. The summed E-state index contributed by atoms with van der Waals surface area (Å²) in [5.41, 5.74) is 0.